The lowest BCUT2D eigenvalue weighted by Gasteiger charge is -2.27. The number of carboxylic acids is 1. The Bertz CT molecular complexity index is 452. The second-order valence-corrected chi connectivity index (χ2v) is 5.52. The number of carbonyl (C=O) groups is 2. The van der Waals surface area contributed by atoms with Crippen molar-refractivity contribution in [2.75, 3.05) is 0 Å². The highest BCUT2D eigenvalue weighted by Gasteiger charge is 2.33. The third-order valence-corrected chi connectivity index (χ3v) is 3.28. The Morgan fingerprint density at radius 3 is 2.11 bits per heavy atom. The molecule has 2 N–H and O–H groups in total. The number of carbonyl (C=O) groups excluding carboxylic acids is 1. The summed E-state index contributed by atoms with van der Waals surface area (Å²) in [4.78, 5) is 23.4. The van der Waals surface area contributed by atoms with Gasteiger partial charge in [-0.3, -0.25) is 4.79 Å². The van der Waals surface area contributed by atoms with Crippen LogP contribution in [0.4, 0.5) is 0 Å². The summed E-state index contributed by atoms with van der Waals surface area (Å²) in [5, 5.41) is 11.7. The van der Waals surface area contributed by atoms with E-state index in [1.54, 1.807) is 27.7 Å². The molecule has 0 saturated heterocycles. The van der Waals surface area contributed by atoms with E-state index in [0.29, 0.717) is 0 Å². The molecule has 0 radical (unpaired) electrons. The molecule has 104 valence electrons. The van der Waals surface area contributed by atoms with Crippen molar-refractivity contribution in [1.82, 2.24) is 5.32 Å². The Hall–Kier alpha value is -1.84. The molecule has 1 amide bonds. The third kappa shape index (κ3) is 3.56. The van der Waals surface area contributed by atoms with Crippen LogP contribution in [-0.2, 0) is 15.0 Å². The molecular weight excluding hydrogens is 242 g/mol. The molecule has 1 rings (SSSR count). The average molecular weight is 263 g/mol. The lowest BCUT2D eigenvalue weighted by molar-refractivity contribution is -0.143. The van der Waals surface area contributed by atoms with Crippen LogP contribution in [0.2, 0.25) is 0 Å². The fraction of sp³-hybridized carbons (Fsp3) is 0.467. The number of aliphatic carboxylic acids is 1. The van der Waals surface area contributed by atoms with Gasteiger partial charge in [-0.2, -0.15) is 0 Å². The van der Waals surface area contributed by atoms with Crippen LogP contribution in [-0.4, -0.2) is 23.0 Å². The van der Waals surface area contributed by atoms with Crippen LogP contribution in [0.15, 0.2) is 30.3 Å². The van der Waals surface area contributed by atoms with Crippen LogP contribution in [0.5, 0.6) is 0 Å². The topological polar surface area (TPSA) is 66.4 Å². The fourth-order valence-corrected chi connectivity index (χ4v) is 1.82. The number of nitrogens with one attached hydrogen (secondary N) is 1. The van der Waals surface area contributed by atoms with Gasteiger partial charge in [0.2, 0.25) is 5.91 Å². The SMILES string of the molecule is CC(C)[C@H](NC(=O)C(C)(C)c1ccccc1)C(=O)O. The molecule has 0 saturated carbocycles. The number of benzene rings is 1. The molecule has 0 fully saturated rings. The lowest BCUT2D eigenvalue weighted by Crippen LogP contribution is -2.50. The van der Waals surface area contributed by atoms with Crippen LogP contribution in [0.1, 0.15) is 33.3 Å². The van der Waals surface area contributed by atoms with E-state index >= 15 is 0 Å². The molecule has 4 nitrogen and oxygen atoms in total. The minimum Gasteiger partial charge on any atom is -0.480 e. The second-order valence-electron chi connectivity index (χ2n) is 5.52. The summed E-state index contributed by atoms with van der Waals surface area (Å²) < 4.78 is 0. The van der Waals surface area contributed by atoms with Crippen molar-refractivity contribution in [3.8, 4) is 0 Å². The first-order valence-electron chi connectivity index (χ1n) is 6.36. The van der Waals surface area contributed by atoms with Crippen LogP contribution >= 0.6 is 0 Å². The number of hydrogen-bond donors (Lipinski definition) is 2. The van der Waals surface area contributed by atoms with E-state index in [2.05, 4.69) is 5.32 Å². The van der Waals surface area contributed by atoms with Gasteiger partial charge in [-0.05, 0) is 25.3 Å². The van der Waals surface area contributed by atoms with Crippen molar-refractivity contribution in [3.63, 3.8) is 0 Å². The van der Waals surface area contributed by atoms with Gasteiger partial charge < -0.3 is 10.4 Å². The molecular formula is C15H21NO3. The molecule has 1 atom stereocenters. The zero-order valence-corrected chi connectivity index (χ0v) is 11.8. The number of amides is 1. The van der Waals surface area contributed by atoms with Crippen LogP contribution < -0.4 is 5.32 Å². The Labute approximate surface area is 113 Å². The predicted octanol–water partition coefficient (Wildman–Crippen LogP) is 2.19. The Morgan fingerprint density at radius 1 is 1.16 bits per heavy atom. The summed E-state index contributed by atoms with van der Waals surface area (Å²) >= 11 is 0. The van der Waals surface area contributed by atoms with Crippen molar-refractivity contribution in [3.05, 3.63) is 35.9 Å². The van der Waals surface area contributed by atoms with Gasteiger partial charge in [0.25, 0.3) is 0 Å². The summed E-state index contributed by atoms with van der Waals surface area (Å²) in [6, 6.07) is 8.47. The molecule has 0 aliphatic rings. The summed E-state index contributed by atoms with van der Waals surface area (Å²) in [7, 11) is 0. The van der Waals surface area contributed by atoms with Gasteiger partial charge in [0.15, 0.2) is 0 Å². The molecule has 0 aliphatic heterocycles. The number of carboxylic acid groups (broad SMARTS) is 1. The van der Waals surface area contributed by atoms with Crippen LogP contribution in [0.3, 0.4) is 0 Å². The standard InChI is InChI=1S/C15H21NO3/c1-10(2)12(13(17)18)16-14(19)15(3,4)11-8-6-5-7-9-11/h5-10,12H,1-4H3,(H,16,19)(H,17,18)/t12-/m0/s1. The predicted molar refractivity (Wildman–Crippen MR) is 73.9 cm³/mol. The molecule has 1 aromatic rings. The molecule has 0 unspecified atom stereocenters. The second kappa shape index (κ2) is 5.87. The molecule has 19 heavy (non-hydrogen) atoms. The summed E-state index contributed by atoms with van der Waals surface area (Å²) in [5.74, 6) is -1.44. The average Bonchev–Trinajstić information content (AvgIpc) is 2.35. The first kappa shape index (κ1) is 15.2. The third-order valence-electron chi connectivity index (χ3n) is 3.28. The molecule has 0 aliphatic carbocycles. The molecule has 1 aromatic carbocycles. The van der Waals surface area contributed by atoms with Gasteiger partial charge >= 0.3 is 5.97 Å². The fourth-order valence-electron chi connectivity index (χ4n) is 1.82. The van der Waals surface area contributed by atoms with Gasteiger partial charge in [0, 0.05) is 0 Å². The maximum absolute atomic E-state index is 12.3. The smallest absolute Gasteiger partial charge is 0.326 e. The molecule has 0 aromatic heterocycles. The summed E-state index contributed by atoms with van der Waals surface area (Å²) in [6.07, 6.45) is 0. The van der Waals surface area contributed by atoms with E-state index in [4.69, 9.17) is 5.11 Å². The van der Waals surface area contributed by atoms with E-state index in [1.807, 2.05) is 30.3 Å². The lowest BCUT2D eigenvalue weighted by atomic mass is 9.83. The van der Waals surface area contributed by atoms with E-state index in [-0.39, 0.29) is 11.8 Å². The summed E-state index contributed by atoms with van der Waals surface area (Å²) in [5.41, 5.74) is 0.101. The zero-order chi connectivity index (χ0) is 14.6. The van der Waals surface area contributed by atoms with Gasteiger partial charge in [0.05, 0.1) is 5.41 Å². The summed E-state index contributed by atoms with van der Waals surface area (Å²) in [6.45, 7) is 7.12. The highest BCUT2D eigenvalue weighted by Crippen LogP contribution is 2.23. The van der Waals surface area contributed by atoms with Crippen molar-refractivity contribution in [1.29, 1.82) is 0 Å². The first-order chi connectivity index (χ1) is 8.76. The first-order valence-corrected chi connectivity index (χ1v) is 6.36. The van der Waals surface area contributed by atoms with Crippen LogP contribution in [0.25, 0.3) is 0 Å². The van der Waals surface area contributed by atoms with Gasteiger partial charge in [-0.1, -0.05) is 44.2 Å². The number of rotatable bonds is 5. The molecule has 0 bridgehead atoms. The van der Waals surface area contributed by atoms with Gasteiger partial charge in [-0.25, -0.2) is 4.79 Å². The van der Waals surface area contributed by atoms with Crippen molar-refractivity contribution < 1.29 is 14.7 Å². The minimum atomic E-state index is -1.01. The highest BCUT2D eigenvalue weighted by molar-refractivity contribution is 5.90. The zero-order valence-electron chi connectivity index (χ0n) is 11.8. The number of hydrogen-bond acceptors (Lipinski definition) is 2. The molecule has 0 heterocycles. The molecule has 0 spiro atoms. The Kier molecular flexibility index (Phi) is 4.70. The minimum absolute atomic E-state index is 0.159. The van der Waals surface area contributed by atoms with Gasteiger partial charge in [-0.15, -0.1) is 0 Å². The van der Waals surface area contributed by atoms with Crippen molar-refractivity contribution in [2.45, 2.75) is 39.2 Å². The Morgan fingerprint density at radius 2 is 1.68 bits per heavy atom. The normalized spacial score (nSPS) is 13.1. The van der Waals surface area contributed by atoms with E-state index < -0.39 is 17.4 Å². The van der Waals surface area contributed by atoms with E-state index in [9.17, 15) is 9.59 Å². The molecule has 4 heteroatoms. The maximum atomic E-state index is 12.3. The van der Waals surface area contributed by atoms with E-state index in [1.165, 1.54) is 0 Å². The maximum Gasteiger partial charge on any atom is 0.326 e. The Balaban J connectivity index is 2.91. The van der Waals surface area contributed by atoms with E-state index in [0.717, 1.165) is 5.56 Å². The van der Waals surface area contributed by atoms with Gasteiger partial charge in [0.1, 0.15) is 6.04 Å². The highest BCUT2D eigenvalue weighted by atomic mass is 16.4. The van der Waals surface area contributed by atoms with Crippen LogP contribution in [0, 0.1) is 5.92 Å². The van der Waals surface area contributed by atoms with Crippen molar-refractivity contribution in [2.24, 2.45) is 5.92 Å². The van der Waals surface area contributed by atoms with Crippen molar-refractivity contribution >= 4 is 11.9 Å². The monoisotopic (exact) mass is 263 g/mol. The largest absolute Gasteiger partial charge is 0.480 e. The quantitative estimate of drug-likeness (QED) is 0.855.